The molecular weight excluding hydrogens is 388 g/mol. The van der Waals surface area contributed by atoms with Crippen molar-refractivity contribution < 1.29 is 4.79 Å². The van der Waals surface area contributed by atoms with Crippen LogP contribution >= 0.6 is 23.3 Å². The number of rotatable bonds is 8. The van der Waals surface area contributed by atoms with Crippen LogP contribution in [0.4, 0.5) is 10.8 Å². The molecule has 144 valence electrons. The molecule has 3 aromatic rings. The Morgan fingerprint density at radius 3 is 2.75 bits per heavy atom. The first kappa shape index (κ1) is 19.0. The van der Waals surface area contributed by atoms with E-state index < -0.39 is 0 Å². The maximum absolute atomic E-state index is 12.8. The summed E-state index contributed by atoms with van der Waals surface area (Å²) in [6, 6.07) is 11.8. The summed E-state index contributed by atoms with van der Waals surface area (Å²) in [7, 11) is 0. The van der Waals surface area contributed by atoms with E-state index in [4.69, 9.17) is 0 Å². The van der Waals surface area contributed by atoms with Gasteiger partial charge in [0.2, 0.25) is 5.91 Å². The fourth-order valence-corrected chi connectivity index (χ4v) is 4.48. The molecular formula is C21H22N4OS2. The normalized spacial score (nSPS) is 14.5. The first-order valence-corrected chi connectivity index (χ1v) is 11.2. The molecule has 1 aliphatic rings. The summed E-state index contributed by atoms with van der Waals surface area (Å²) in [5.41, 5.74) is 3.74. The number of benzene rings is 1. The molecule has 2 aromatic heterocycles. The molecule has 4 rings (SSSR count). The van der Waals surface area contributed by atoms with Gasteiger partial charge in [-0.2, -0.15) is 0 Å². The van der Waals surface area contributed by atoms with E-state index in [0.717, 1.165) is 27.6 Å². The predicted molar refractivity (Wildman–Crippen MR) is 118 cm³/mol. The van der Waals surface area contributed by atoms with Gasteiger partial charge in [-0.1, -0.05) is 25.1 Å². The number of nitrogens with zero attached hydrogens (tertiary/aromatic N) is 2. The zero-order chi connectivity index (χ0) is 19.3. The van der Waals surface area contributed by atoms with E-state index in [0.29, 0.717) is 11.7 Å². The lowest BCUT2D eigenvalue weighted by atomic mass is 10.0. The van der Waals surface area contributed by atoms with Crippen LogP contribution in [0.2, 0.25) is 0 Å². The van der Waals surface area contributed by atoms with E-state index in [1.165, 1.54) is 12.8 Å². The van der Waals surface area contributed by atoms with E-state index in [-0.39, 0.29) is 11.8 Å². The molecule has 0 bridgehead atoms. The average molecular weight is 411 g/mol. The molecule has 5 nitrogen and oxygen atoms in total. The Kier molecular flexibility index (Phi) is 5.92. The number of carbonyl (C=O) groups is 1. The molecule has 0 radical (unpaired) electrons. The Labute approximate surface area is 173 Å². The third kappa shape index (κ3) is 4.72. The van der Waals surface area contributed by atoms with Gasteiger partial charge in [0.1, 0.15) is 0 Å². The summed E-state index contributed by atoms with van der Waals surface area (Å²) in [5.74, 6) is -0.279. The van der Waals surface area contributed by atoms with Crippen molar-refractivity contribution >= 4 is 40.0 Å². The first-order valence-electron chi connectivity index (χ1n) is 9.41. The second-order valence-corrected chi connectivity index (χ2v) is 8.73. The van der Waals surface area contributed by atoms with Gasteiger partial charge in [0.25, 0.3) is 0 Å². The molecule has 1 saturated carbocycles. The van der Waals surface area contributed by atoms with Crippen molar-refractivity contribution in [3.8, 4) is 11.1 Å². The van der Waals surface area contributed by atoms with Crippen LogP contribution in [0.5, 0.6) is 0 Å². The van der Waals surface area contributed by atoms with Crippen LogP contribution in [0.3, 0.4) is 0 Å². The minimum Gasteiger partial charge on any atom is -0.326 e. The Hall–Kier alpha value is -2.38. The zero-order valence-electron chi connectivity index (χ0n) is 15.6. The molecule has 1 atom stereocenters. The van der Waals surface area contributed by atoms with Crippen LogP contribution < -0.4 is 10.0 Å². The molecule has 0 spiro atoms. The highest BCUT2D eigenvalue weighted by atomic mass is 32.2. The lowest BCUT2D eigenvalue weighted by Crippen LogP contribution is -2.21. The molecule has 2 N–H and O–H groups in total. The fraction of sp³-hybridized carbons (Fsp3) is 0.286. The lowest BCUT2D eigenvalue weighted by molar-refractivity contribution is -0.117. The van der Waals surface area contributed by atoms with Crippen molar-refractivity contribution in [2.45, 2.75) is 37.4 Å². The van der Waals surface area contributed by atoms with Crippen molar-refractivity contribution in [2.75, 3.05) is 10.0 Å². The van der Waals surface area contributed by atoms with Crippen LogP contribution in [-0.2, 0) is 4.79 Å². The highest BCUT2D eigenvalue weighted by molar-refractivity contribution is 8.01. The van der Waals surface area contributed by atoms with E-state index >= 15 is 0 Å². The van der Waals surface area contributed by atoms with E-state index in [1.54, 1.807) is 29.5 Å². The number of aromatic nitrogens is 2. The molecule has 1 aliphatic carbocycles. The summed E-state index contributed by atoms with van der Waals surface area (Å²) >= 11 is 3.29. The van der Waals surface area contributed by atoms with Crippen LogP contribution in [0, 0.1) is 0 Å². The van der Waals surface area contributed by atoms with Gasteiger partial charge in [0.05, 0.1) is 11.6 Å². The molecule has 1 unspecified atom stereocenters. The van der Waals surface area contributed by atoms with E-state index in [2.05, 4.69) is 20.0 Å². The Morgan fingerprint density at radius 2 is 2.07 bits per heavy atom. The summed E-state index contributed by atoms with van der Waals surface area (Å²) in [4.78, 5) is 21.6. The Balaban J connectivity index is 1.39. The summed E-state index contributed by atoms with van der Waals surface area (Å²) < 4.78 is 3.30. The number of hydrogen-bond donors (Lipinski definition) is 2. The minimum absolute atomic E-state index is 0.0247. The molecule has 1 amide bonds. The van der Waals surface area contributed by atoms with Crippen molar-refractivity contribution in [2.24, 2.45) is 0 Å². The first-order chi connectivity index (χ1) is 13.7. The second-order valence-electron chi connectivity index (χ2n) is 6.77. The quantitative estimate of drug-likeness (QED) is 0.476. The summed E-state index contributed by atoms with van der Waals surface area (Å²) in [6.45, 7) is 2.02. The van der Waals surface area contributed by atoms with Crippen molar-refractivity contribution in [1.29, 1.82) is 0 Å². The zero-order valence-corrected chi connectivity index (χ0v) is 17.2. The molecule has 7 heteroatoms. The highest BCUT2D eigenvalue weighted by Crippen LogP contribution is 2.35. The van der Waals surface area contributed by atoms with Crippen molar-refractivity contribution in [3.05, 3.63) is 59.9 Å². The number of hydrogen-bond acceptors (Lipinski definition) is 6. The molecule has 0 aliphatic heterocycles. The molecule has 1 fully saturated rings. The number of carbonyl (C=O) groups excluding carboxylic acids is 1. The average Bonchev–Trinajstić information content (AvgIpc) is 3.45. The van der Waals surface area contributed by atoms with Crippen molar-refractivity contribution in [1.82, 2.24) is 9.97 Å². The maximum atomic E-state index is 12.8. The van der Waals surface area contributed by atoms with Crippen LogP contribution in [0.25, 0.3) is 11.1 Å². The van der Waals surface area contributed by atoms with Gasteiger partial charge in [-0.05, 0) is 60.5 Å². The van der Waals surface area contributed by atoms with E-state index in [1.807, 2.05) is 54.9 Å². The number of amides is 1. The van der Waals surface area contributed by atoms with Crippen LogP contribution in [0.15, 0.2) is 54.2 Å². The number of pyridine rings is 1. The third-order valence-electron chi connectivity index (χ3n) is 4.59. The van der Waals surface area contributed by atoms with Crippen LogP contribution in [0.1, 0.15) is 37.8 Å². The van der Waals surface area contributed by atoms with Gasteiger partial charge in [0.15, 0.2) is 5.13 Å². The smallest absolute Gasteiger partial charge is 0.233 e. The maximum Gasteiger partial charge on any atom is 0.233 e. The number of nitrogens with one attached hydrogen (secondary N) is 2. The predicted octanol–water partition coefficient (Wildman–Crippen LogP) is 5.56. The molecule has 2 heterocycles. The lowest BCUT2D eigenvalue weighted by Gasteiger charge is -2.13. The van der Waals surface area contributed by atoms with E-state index in [9.17, 15) is 4.79 Å². The molecule has 0 saturated heterocycles. The van der Waals surface area contributed by atoms with Gasteiger partial charge >= 0.3 is 0 Å². The summed E-state index contributed by atoms with van der Waals surface area (Å²) in [6.07, 6.45) is 6.84. The van der Waals surface area contributed by atoms with Gasteiger partial charge in [-0.3, -0.25) is 9.78 Å². The standard InChI is InChI=1S/C21H22N4OS2/c1-2-18(19-13-27-21(24-19)25-28-17-9-10-17)20(26)23-16-7-5-14(6-8-16)15-4-3-11-22-12-15/h3-8,11-13,17-18H,2,9-10H2,1H3,(H,23,26)(H,24,25). The topological polar surface area (TPSA) is 66.9 Å². The largest absolute Gasteiger partial charge is 0.326 e. The van der Waals surface area contributed by atoms with Gasteiger partial charge in [-0.15, -0.1) is 11.3 Å². The second kappa shape index (κ2) is 8.75. The third-order valence-corrected chi connectivity index (χ3v) is 6.61. The summed E-state index contributed by atoms with van der Waals surface area (Å²) in [5, 5.41) is 6.59. The SMILES string of the molecule is CCC(C(=O)Nc1ccc(-c2cccnc2)cc1)c1csc(NSC2CC2)n1. The minimum atomic E-state index is -0.254. The number of anilines is 2. The van der Waals surface area contributed by atoms with Gasteiger partial charge < -0.3 is 10.0 Å². The number of thiazole rings is 1. The van der Waals surface area contributed by atoms with Crippen LogP contribution in [-0.4, -0.2) is 21.1 Å². The van der Waals surface area contributed by atoms with Gasteiger partial charge in [-0.25, -0.2) is 4.98 Å². The Morgan fingerprint density at radius 1 is 1.25 bits per heavy atom. The van der Waals surface area contributed by atoms with Gasteiger partial charge in [0, 0.05) is 28.7 Å². The Bertz CT molecular complexity index is 923. The molecule has 1 aromatic carbocycles. The highest BCUT2D eigenvalue weighted by Gasteiger charge is 2.24. The fourth-order valence-electron chi connectivity index (χ4n) is 2.85. The monoisotopic (exact) mass is 410 g/mol. The van der Waals surface area contributed by atoms with Crippen molar-refractivity contribution in [3.63, 3.8) is 0 Å². The molecule has 28 heavy (non-hydrogen) atoms.